The van der Waals surface area contributed by atoms with Gasteiger partial charge in [0.1, 0.15) is 11.1 Å². The Bertz CT molecular complexity index is 965. The van der Waals surface area contributed by atoms with Gasteiger partial charge in [-0.2, -0.15) is 13.2 Å². The molecule has 0 aliphatic rings. The van der Waals surface area contributed by atoms with Crippen LogP contribution in [0.25, 0.3) is 32.4 Å². The van der Waals surface area contributed by atoms with E-state index in [4.69, 9.17) is 4.42 Å². The summed E-state index contributed by atoms with van der Waals surface area (Å²) in [6, 6.07) is 13.8. The second-order valence-electron chi connectivity index (χ2n) is 4.94. The average Bonchev–Trinajstić information content (AvgIpc) is 3.13. The third kappa shape index (κ3) is 1.93. The van der Waals surface area contributed by atoms with Crippen molar-refractivity contribution in [1.82, 2.24) is 0 Å². The first-order valence-electron chi connectivity index (χ1n) is 6.61. The van der Waals surface area contributed by atoms with Crippen LogP contribution < -0.4 is 0 Å². The van der Waals surface area contributed by atoms with Crippen molar-refractivity contribution in [1.29, 1.82) is 0 Å². The van der Waals surface area contributed by atoms with E-state index in [0.29, 0.717) is 10.3 Å². The largest absolute Gasteiger partial charge is 0.455 e. The minimum Gasteiger partial charge on any atom is -0.455 e. The number of alkyl halides is 3. The van der Waals surface area contributed by atoms with E-state index in [9.17, 15) is 13.2 Å². The standard InChI is InChI=1S/C17H9F3OS/c18-17(19,20)15-14-11-5-2-1-4-10(11)7-8-12(14)21-16(15)13-6-3-9-22-13/h1-9H. The lowest BCUT2D eigenvalue weighted by Crippen LogP contribution is -2.05. The molecule has 0 amide bonds. The number of hydrogen-bond acceptors (Lipinski definition) is 2. The topological polar surface area (TPSA) is 13.1 Å². The van der Waals surface area contributed by atoms with E-state index in [1.807, 2.05) is 6.07 Å². The van der Waals surface area contributed by atoms with E-state index >= 15 is 0 Å². The number of thiophene rings is 1. The molecular formula is C17H9F3OS. The van der Waals surface area contributed by atoms with Crippen LogP contribution >= 0.6 is 11.3 Å². The van der Waals surface area contributed by atoms with Crippen molar-refractivity contribution in [3.05, 3.63) is 59.5 Å². The average molecular weight is 318 g/mol. The maximum atomic E-state index is 13.7. The van der Waals surface area contributed by atoms with Gasteiger partial charge in [-0.15, -0.1) is 11.3 Å². The summed E-state index contributed by atoms with van der Waals surface area (Å²) >= 11 is 1.23. The van der Waals surface area contributed by atoms with Crippen LogP contribution in [0.5, 0.6) is 0 Å². The molecule has 1 nitrogen and oxygen atoms in total. The molecule has 4 aromatic rings. The van der Waals surface area contributed by atoms with Crippen molar-refractivity contribution in [2.75, 3.05) is 0 Å². The summed E-state index contributed by atoms with van der Waals surface area (Å²) in [5.74, 6) is -0.103. The normalized spacial score (nSPS) is 12.3. The predicted molar refractivity (Wildman–Crippen MR) is 82.0 cm³/mol. The number of benzene rings is 2. The molecule has 0 bridgehead atoms. The van der Waals surface area contributed by atoms with E-state index < -0.39 is 11.7 Å². The summed E-state index contributed by atoms with van der Waals surface area (Å²) in [6.07, 6.45) is -4.48. The molecule has 2 aromatic heterocycles. The number of furan rings is 1. The maximum Gasteiger partial charge on any atom is 0.420 e. The first-order valence-corrected chi connectivity index (χ1v) is 7.49. The van der Waals surface area contributed by atoms with Gasteiger partial charge >= 0.3 is 6.18 Å². The zero-order chi connectivity index (χ0) is 15.3. The third-order valence-corrected chi connectivity index (χ3v) is 4.48. The lowest BCUT2D eigenvalue weighted by atomic mass is 10.0. The SMILES string of the molecule is FC(F)(F)c1c(-c2cccs2)oc2ccc3ccccc3c12. The van der Waals surface area contributed by atoms with Gasteiger partial charge in [-0.1, -0.05) is 36.4 Å². The highest BCUT2D eigenvalue weighted by atomic mass is 32.1. The van der Waals surface area contributed by atoms with Crippen molar-refractivity contribution in [2.45, 2.75) is 6.18 Å². The van der Waals surface area contributed by atoms with Crippen LogP contribution in [0.1, 0.15) is 5.56 Å². The highest BCUT2D eigenvalue weighted by molar-refractivity contribution is 7.13. The molecule has 0 aliphatic heterocycles. The monoisotopic (exact) mass is 318 g/mol. The summed E-state index contributed by atoms with van der Waals surface area (Å²) in [6.45, 7) is 0. The van der Waals surface area contributed by atoms with E-state index in [1.54, 1.807) is 47.8 Å². The zero-order valence-corrected chi connectivity index (χ0v) is 12.0. The summed E-state index contributed by atoms with van der Waals surface area (Å²) in [5, 5.41) is 3.19. The number of halogens is 3. The predicted octanol–water partition coefficient (Wildman–Crippen LogP) is 6.33. The van der Waals surface area contributed by atoms with Crippen molar-refractivity contribution < 1.29 is 17.6 Å². The van der Waals surface area contributed by atoms with E-state index in [1.165, 1.54) is 11.3 Å². The van der Waals surface area contributed by atoms with E-state index in [-0.39, 0.29) is 16.7 Å². The van der Waals surface area contributed by atoms with Gasteiger partial charge in [0.25, 0.3) is 0 Å². The summed E-state index contributed by atoms with van der Waals surface area (Å²) in [4.78, 5) is 0.479. The Balaban J connectivity index is 2.20. The Morgan fingerprint density at radius 2 is 1.73 bits per heavy atom. The van der Waals surface area contributed by atoms with Crippen molar-refractivity contribution in [3.63, 3.8) is 0 Å². The van der Waals surface area contributed by atoms with Crippen LogP contribution in [0, 0.1) is 0 Å². The van der Waals surface area contributed by atoms with Crippen molar-refractivity contribution in [3.8, 4) is 10.6 Å². The van der Waals surface area contributed by atoms with Gasteiger partial charge in [0.15, 0.2) is 5.76 Å². The maximum absolute atomic E-state index is 13.7. The molecular weight excluding hydrogens is 309 g/mol. The molecule has 0 spiro atoms. The second kappa shape index (κ2) is 4.61. The highest BCUT2D eigenvalue weighted by Gasteiger charge is 2.39. The minimum atomic E-state index is -4.48. The molecule has 22 heavy (non-hydrogen) atoms. The van der Waals surface area contributed by atoms with Gasteiger partial charge in [-0.05, 0) is 28.3 Å². The summed E-state index contributed by atoms with van der Waals surface area (Å²) < 4.78 is 46.6. The molecule has 0 atom stereocenters. The minimum absolute atomic E-state index is 0.103. The molecule has 0 fully saturated rings. The fraction of sp³-hybridized carbons (Fsp3) is 0.0588. The van der Waals surface area contributed by atoms with Gasteiger partial charge in [-0.25, -0.2) is 0 Å². The molecule has 4 rings (SSSR count). The smallest absolute Gasteiger partial charge is 0.420 e. The second-order valence-corrected chi connectivity index (χ2v) is 5.89. The van der Waals surface area contributed by atoms with E-state index in [2.05, 4.69) is 0 Å². The molecule has 2 aromatic carbocycles. The fourth-order valence-electron chi connectivity index (χ4n) is 2.72. The number of fused-ring (bicyclic) bond motifs is 3. The number of hydrogen-bond donors (Lipinski definition) is 0. The number of rotatable bonds is 1. The first kappa shape index (κ1) is 13.4. The Labute approximate surface area is 127 Å². The van der Waals surface area contributed by atoms with Gasteiger partial charge < -0.3 is 4.42 Å². The molecule has 5 heteroatoms. The molecule has 0 saturated heterocycles. The zero-order valence-electron chi connectivity index (χ0n) is 11.1. The van der Waals surface area contributed by atoms with Gasteiger partial charge in [0, 0.05) is 5.39 Å². The summed E-state index contributed by atoms with van der Waals surface area (Å²) in [7, 11) is 0. The van der Waals surface area contributed by atoms with Crippen LogP contribution in [0.2, 0.25) is 0 Å². The molecule has 0 unspecified atom stereocenters. The Hall–Kier alpha value is -2.27. The van der Waals surface area contributed by atoms with Crippen LogP contribution in [-0.4, -0.2) is 0 Å². The molecule has 0 radical (unpaired) electrons. The Morgan fingerprint density at radius 3 is 2.45 bits per heavy atom. The van der Waals surface area contributed by atoms with Gasteiger partial charge in [0.2, 0.25) is 0 Å². The quantitative estimate of drug-likeness (QED) is 0.399. The van der Waals surface area contributed by atoms with Crippen LogP contribution in [-0.2, 0) is 6.18 Å². The fourth-order valence-corrected chi connectivity index (χ4v) is 3.43. The lowest BCUT2D eigenvalue weighted by Gasteiger charge is -2.07. The highest BCUT2D eigenvalue weighted by Crippen LogP contribution is 2.46. The Kier molecular flexibility index (Phi) is 2.81. The van der Waals surface area contributed by atoms with Gasteiger partial charge in [-0.3, -0.25) is 0 Å². The Morgan fingerprint density at radius 1 is 0.909 bits per heavy atom. The van der Waals surface area contributed by atoms with Crippen LogP contribution in [0.3, 0.4) is 0 Å². The van der Waals surface area contributed by atoms with Crippen LogP contribution in [0.4, 0.5) is 13.2 Å². The van der Waals surface area contributed by atoms with Crippen molar-refractivity contribution in [2.24, 2.45) is 0 Å². The molecule has 0 N–H and O–H groups in total. The third-order valence-electron chi connectivity index (χ3n) is 3.61. The molecule has 110 valence electrons. The summed E-state index contributed by atoms with van der Waals surface area (Å²) in [5.41, 5.74) is -0.434. The van der Waals surface area contributed by atoms with Crippen molar-refractivity contribution >= 4 is 33.1 Å². The molecule has 0 aliphatic carbocycles. The molecule has 2 heterocycles. The van der Waals surface area contributed by atoms with Gasteiger partial charge in [0.05, 0.1) is 4.88 Å². The van der Waals surface area contributed by atoms with E-state index in [0.717, 1.165) is 5.39 Å². The van der Waals surface area contributed by atoms with Crippen LogP contribution in [0.15, 0.2) is 58.3 Å². The lowest BCUT2D eigenvalue weighted by molar-refractivity contribution is -0.136. The molecule has 0 saturated carbocycles. The first-order chi connectivity index (χ1) is 10.6.